The maximum Gasteiger partial charge on any atom is 0.234 e. The number of fused-ring (bicyclic) bond motifs is 1. The molecule has 0 aliphatic heterocycles. The molecular formula is C21H20N4OS2. The fraction of sp³-hybridized carbons (Fsp3) is 0.190. The van der Waals surface area contributed by atoms with Gasteiger partial charge < -0.3 is 9.88 Å². The monoisotopic (exact) mass is 408 g/mol. The summed E-state index contributed by atoms with van der Waals surface area (Å²) in [5, 5.41) is 16.6. The van der Waals surface area contributed by atoms with Crippen molar-refractivity contribution in [2.75, 3.05) is 11.1 Å². The lowest BCUT2D eigenvalue weighted by molar-refractivity contribution is -0.113. The highest BCUT2D eigenvalue weighted by atomic mass is 32.2. The Labute approximate surface area is 171 Å². The Balaban J connectivity index is 1.46. The number of carbonyl (C=O) groups excluding carboxylic acids is 1. The highest BCUT2D eigenvalue weighted by molar-refractivity contribution is 7.99. The average molecular weight is 409 g/mol. The summed E-state index contributed by atoms with van der Waals surface area (Å²) in [6.45, 7) is 4.20. The highest BCUT2D eigenvalue weighted by Gasteiger charge is 2.16. The van der Waals surface area contributed by atoms with Gasteiger partial charge in [0, 0.05) is 33.9 Å². The Morgan fingerprint density at radius 3 is 2.71 bits per heavy atom. The maximum atomic E-state index is 12.5. The summed E-state index contributed by atoms with van der Waals surface area (Å²) in [5.74, 6) is 1.05. The standard InChI is InChI=1S/C21H20N4OS2/c1-13-14(2)27-11-17(13)20-23-24-21(25(20)3)28-12-19(26)22-18-10-6-8-15-7-4-5-9-16(15)18/h4-11H,12H2,1-3H3,(H,22,26). The van der Waals surface area contributed by atoms with Crippen LogP contribution in [0.25, 0.3) is 22.2 Å². The van der Waals surface area contributed by atoms with E-state index in [1.807, 2.05) is 54.1 Å². The minimum Gasteiger partial charge on any atom is -0.325 e. The third-order valence-corrected chi connectivity index (χ3v) is 6.79. The van der Waals surface area contributed by atoms with Crippen LogP contribution >= 0.6 is 23.1 Å². The number of thioether (sulfide) groups is 1. The van der Waals surface area contributed by atoms with Gasteiger partial charge >= 0.3 is 0 Å². The van der Waals surface area contributed by atoms with Crippen molar-refractivity contribution >= 4 is 45.5 Å². The number of hydrogen-bond acceptors (Lipinski definition) is 5. The molecular weight excluding hydrogens is 388 g/mol. The molecule has 142 valence electrons. The SMILES string of the molecule is Cc1scc(-c2nnc(SCC(=O)Nc3cccc4ccccc34)n2C)c1C. The maximum absolute atomic E-state index is 12.5. The van der Waals surface area contributed by atoms with Crippen molar-refractivity contribution in [3.05, 3.63) is 58.3 Å². The number of rotatable bonds is 5. The second kappa shape index (κ2) is 7.77. The van der Waals surface area contributed by atoms with Crippen LogP contribution in [0.2, 0.25) is 0 Å². The zero-order chi connectivity index (χ0) is 19.7. The molecule has 28 heavy (non-hydrogen) atoms. The Morgan fingerprint density at radius 2 is 1.93 bits per heavy atom. The van der Waals surface area contributed by atoms with Crippen LogP contribution in [0.5, 0.6) is 0 Å². The van der Waals surface area contributed by atoms with E-state index in [1.54, 1.807) is 11.3 Å². The zero-order valence-electron chi connectivity index (χ0n) is 15.9. The van der Waals surface area contributed by atoms with E-state index in [1.165, 1.54) is 22.2 Å². The van der Waals surface area contributed by atoms with E-state index in [2.05, 4.69) is 34.7 Å². The summed E-state index contributed by atoms with van der Waals surface area (Å²) in [7, 11) is 1.94. The van der Waals surface area contributed by atoms with Crippen LogP contribution in [-0.2, 0) is 11.8 Å². The average Bonchev–Trinajstić information content (AvgIpc) is 3.22. The molecule has 1 amide bonds. The number of anilines is 1. The van der Waals surface area contributed by atoms with Crippen LogP contribution in [0, 0.1) is 13.8 Å². The molecule has 7 heteroatoms. The van der Waals surface area contributed by atoms with Gasteiger partial charge in [0.2, 0.25) is 5.91 Å². The van der Waals surface area contributed by atoms with E-state index in [-0.39, 0.29) is 11.7 Å². The lowest BCUT2D eigenvalue weighted by Gasteiger charge is -2.08. The van der Waals surface area contributed by atoms with Gasteiger partial charge in [0.15, 0.2) is 11.0 Å². The molecule has 1 N–H and O–H groups in total. The lowest BCUT2D eigenvalue weighted by Crippen LogP contribution is -2.14. The molecule has 0 aliphatic carbocycles. The number of aryl methyl sites for hydroxylation is 1. The predicted molar refractivity (Wildman–Crippen MR) is 117 cm³/mol. The predicted octanol–water partition coefficient (Wildman–Crippen LogP) is 5.04. The van der Waals surface area contributed by atoms with Gasteiger partial charge in [0.25, 0.3) is 0 Å². The van der Waals surface area contributed by atoms with Crippen LogP contribution in [0.15, 0.2) is 53.0 Å². The number of aromatic nitrogens is 3. The van der Waals surface area contributed by atoms with E-state index in [0.29, 0.717) is 0 Å². The van der Waals surface area contributed by atoms with Crippen LogP contribution in [0.4, 0.5) is 5.69 Å². The smallest absolute Gasteiger partial charge is 0.234 e. The third kappa shape index (κ3) is 3.55. The Hall–Kier alpha value is -2.64. The van der Waals surface area contributed by atoms with E-state index < -0.39 is 0 Å². The molecule has 0 unspecified atom stereocenters. The summed E-state index contributed by atoms with van der Waals surface area (Å²) in [4.78, 5) is 13.8. The molecule has 0 fully saturated rings. The van der Waals surface area contributed by atoms with Crippen molar-refractivity contribution in [3.8, 4) is 11.4 Å². The van der Waals surface area contributed by atoms with Crippen LogP contribution in [0.1, 0.15) is 10.4 Å². The topological polar surface area (TPSA) is 59.8 Å². The molecule has 4 rings (SSSR count). The number of thiophene rings is 1. The van der Waals surface area contributed by atoms with Gasteiger partial charge in [-0.1, -0.05) is 48.2 Å². The summed E-state index contributed by atoms with van der Waals surface area (Å²) < 4.78 is 1.95. The summed E-state index contributed by atoms with van der Waals surface area (Å²) in [6, 6.07) is 13.9. The first-order valence-corrected chi connectivity index (χ1v) is 10.8. The lowest BCUT2D eigenvalue weighted by atomic mass is 10.1. The molecule has 0 spiro atoms. The molecule has 0 saturated heterocycles. The fourth-order valence-corrected chi connectivity index (χ4v) is 4.63. The van der Waals surface area contributed by atoms with Gasteiger partial charge in [-0.3, -0.25) is 4.79 Å². The number of nitrogens with one attached hydrogen (secondary N) is 1. The first-order chi connectivity index (χ1) is 13.5. The summed E-state index contributed by atoms with van der Waals surface area (Å²) >= 11 is 3.10. The summed E-state index contributed by atoms with van der Waals surface area (Å²) in [5.41, 5.74) is 3.15. The highest BCUT2D eigenvalue weighted by Crippen LogP contribution is 2.31. The van der Waals surface area contributed by atoms with Crippen LogP contribution < -0.4 is 5.32 Å². The van der Waals surface area contributed by atoms with Crippen LogP contribution in [0.3, 0.4) is 0 Å². The number of benzene rings is 2. The molecule has 5 nitrogen and oxygen atoms in total. The van der Waals surface area contributed by atoms with E-state index in [9.17, 15) is 4.79 Å². The van der Waals surface area contributed by atoms with Gasteiger partial charge in [-0.25, -0.2) is 0 Å². The molecule has 0 radical (unpaired) electrons. The Kier molecular flexibility index (Phi) is 5.19. The number of nitrogens with zero attached hydrogens (tertiary/aromatic N) is 3. The molecule has 4 aromatic rings. The number of hydrogen-bond donors (Lipinski definition) is 1. The quantitative estimate of drug-likeness (QED) is 0.470. The number of amides is 1. The zero-order valence-corrected chi connectivity index (χ0v) is 17.5. The Morgan fingerprint density at radius 1 is 1.14 bits per heavy atom. The molecule has 0 aliphatic rings. The van der Waals surface area contributed by atoms with E-state index in [0.717, 1.165) is 33.0 Å². The molecule has 2 aromatic carbocycles. The molecule has 0 bridgehead atoms. The van der Waals surface area contributed by atoms with Gasteiger partial charge in [0.1, 0.15) is 0 Å². The second-order valence-electron chi connectivity index (χ2n) is 6.56. The fourth-order valence-electron chi connectivity index (χ4n) is 3.06. The summed E-state index contributed by atoms with van der Waals surface area (Å²) in [6.07, 6.45) is 0. The molecule has 0 atom stereocenters. The van der Waals surface area contributed by atoms with Gasteiger partial charge in [-0.2, -0.15) is 0 Å². The van der Waals surface area contributed by atoms with Crippen molar-refractivity contribution in [3.63, 3.8) is 0 Å². The second-order valence-corrected chi connectivity index (χ2v) is 8.59. The van der Waals surface area contributed by atoms with Gasteiger partial charge in [0.05, 0.1) is 5.75 Å². The normalized spacial score (nSPS) is 11.1. The van der Waals surface area contributed by atoms with Gasteiger partial charge in [-0.05, 0) is 30.9 Å². The van der Waals surface area contributed by atoms with E-state index in [4.69, 9.17) is 0 Å². The minimum absolute atomic E-state index is 0.0616. The van der Waals surface area contributed by atoms with Crippen LogP contribution in [-0.4, -0.2) is 26.4 Å². The Bertz CT molecular complexity index is 1160. The number of carbonyl (C=O) groups is 1. The molecule has 2 heterocycles. The largest absolute Gasteiger partial charge is 0.325 e. The van der Waals surface area contributed by atoms with Crippen molar-refractivity contribution in [2.24, 2.45) is 7.05 Å². The molecule has 2 aromatic heterocycles. The first-order valence-electron chi connectivity index (χ1n) is 8.89. The molecule has 0 saturated carbocycles. The minimum atomic E-state index is -0.0616. The van der Waals surface area contributed by atoms with Crippen molar-refractivity contribution in [1.29, 1.82) is 0 Å². The van der Waals surface area contributed by atoms with Crippen molar-refractivity contribution < 1.29 is 4.79 Å². The van der Waals surface area contributed by atoms with Crippen molar-refractivity contribution in [2.45, 2.75) is 19.0 Å². The third-order valence-electron chi connectivity index (χ3n) is 4.76. The van der Waals surface area contributed by atoms with E-state index >= 15 is 0 Å². The van der Waals surface area contributed by atoms with Gasteiger partial charge in [-0.15, -0.1) is 21.5 Å². The first kappa shape index (κ1) is 18.7. The van der Waals surface area contributed by atoms with Crippen molar-refractivity contribution in [1.82, 2.24) is 14.8 Å².